The van der Waals surface area contributed by atoms with Crippen LogP contribution in [0.25, 0.3) is 0 Å². The van der Waals surface area contributed by atoms with Crippen LogP contribution in [0.3, 0.4) is 0 Å². The molecule has 102 valence electrons. The summed E-state index contributed by atoms with van der Waals surface area (Å²) in [5, 5.41) is 3.09. The Hall–Kier alpha value is -1.06. The Kier molecular flexibility index (Phi) is 4.61. The van der Waals surface area contributed by atoms with E-state index in [-0.39, 0.29) is 18.4 Å². The van der Waals surface area contributed by atoms with Crippen molar-refractivity contribution in [2.75, 3.05) is 6.54 Å². The Morgan fingerprint density at radius 1 is 1.06 bits per heavy atom. The summed E-state index contributed by atoms with van der Waals surface area (Å²) in [6, 6.07) is 0.649. The summed E-state index contributed by atoms with van der Waals surface area (Å²) >= 11 is 0. The van der Waals surface area contributed by atoms with Gasteiger partial charge < -0.3 is 10.2 Å². The van der Waals surface area contributed by atoms with Crippen LogP contribution in [0.4, 0.5) is 0 Å². The molecule has 0 radical (unpaired) electrons. The summed E-state index contributed by atoms with van der Waals surface area (Å²) in [7, 11) is 0. The van der Waals surface area contributed by atoms with E-state index in [1.807, 2.05) is 0 Å². The van der Waals surface area contributed by atoms with Crippen molar-refractivity contribution in [3.63, 3.8) is 0 Å². The Morgan fingerprint density at radius 2 is 1.67 bits per heavy atom. The van der Waals surface area contributed by atoms with E-state index in [9.17, 15) is 9.59 Å². The smallest absolute Gasteiger partial charge is 0.239 e. The van der Waals surface area contributed by atoms with Gasteiger partial charge in [0.15, 0.2) is 0 Å². The lowest BCUT2D eigenvalue weighted by Gasteiger charge is -2.22. The van der Waals surface area contributed by atoms with Gasteiger partial charge in [-0.3, -0.25) is 9.59 Å². The maximum absolute atomic E-state index is 12.0. The number of rotatable bonds is 4. The Bertz CT molecular complexity index is 305. The molecule has 2 aliphatic carbocycles. The normalized spacial score (nSPS) is 21.2. The van der Waals surface area contributed by atoms with Crippen LogP contribution in [-0.2, 0) is 9.59 Å². The molecule has 1 N–H and O–H groups in total. The van der Waals surface area contributed by atoms with Gasteiger partial charge in [-0.2, -0.15) is 0 Å². The molecule has 2 aliphatic rings. The third-order valence-electron chi connectivity index (χ3n) is 3.93. The summed E-state index contributed by atoms with van der Waals surface area (Å²) in [5.74, 6) is 0.0394. The predicted molar refractivity (Wildman–Crippen MR) is 70.0 cm³/mol. The molecule has 0 atom stereocenters. The Balaban J connectivity index is 1.77. The largest absolute Gasteiger partial charge is 0.352 e. The van der Waals surface area contributed by atoms with Gasteiger partial charge in [-0.05, 0) is 25.7 Å². The summed E-state index contributed by atoms with van der Waals surface area (Å²) in [4.78, 5) is 25.1. The first kappa shape index (κ1) is 13.4. The molecular weight excluding hydrogens is 228 g/mol. The van der Waals surface area contributed by atoms with Crippen LogP contribution in [0.1, 0.15) is 58.3 Å². The van der Waals surface area contributed by atoms with E-state index in [2.05, 4.69) is 5.32 Å². The summed E-state index contributed by atoms with van der Waals surface area (Å²) < 4.78 is 0. The maximum atomic E-state index is 12.0. The molecule has 18 heavy (non-hydrogen) atoms. The van der Waals surface area contributed by atoms with Crippen LogP contribution in [0.15, 0.2) is 0 Å². The highest BCUT2D eigenvalue weighted by molar-refractivity contribution is 5.84. The van der Waals surface area contributed by atoms with E-state index < -0.39 is 0 Å². The van der Waals surface area contributed by atoms with Crippen molar-refractivity contribution in [3.05, 3.63) is 0 Å². The van der Waals surface area contributed by atoms with E-state index >= 15 is 0 Å². The number of amides is 2. The molecule has 2 saturated carbocycles. The monoisotopic (exact) mass is 252 g/mol. The first-order valence-corrected chi connectivity index (χ1v) is 7.23. The first-order valence-electron chi connectivity index (χ1n) is 7.23. The van der Waals surface area contributed by atoms with Gasteiger partial charge in [-0.1, -0.05) is 25.7 Å². The third-order valence-corrected chi connectivity index (χ3v) is 3.93. The number of nitrogens with one attached hydrogen (secondary N) is 1. The van der Waals surface area contributed by atoms with E-state index in [0.29, 0.717) is 12.1 Å². The van der Waals surface area contributed by atoms with Gasteiger partial charge in [-0.15, -0.1) is 0 Å². The minimum atomic E-state index is 0.0176. The minimum Gasteiger partial charge on any atom is -0.352 e. The predicted octanol–water partition coefficient (Wildman–Crippen LogP) is 1.84. The Morgan fingerprint density at radius 3 is 2.17 bits per heavy atom. The van der Waals surface area contributed by atoms with Crippen molar-refractivity contribution in [3.8, 4) is 0 Å². The summed E-state index contributed by atoms with van der Waals surface area (Å²) in [6.45, 7) is 1.80. The molecule has 4 nitrogen and oxygen atoms in total. The molecule has 2 amide bonds. The molecule has 0 aromatic heterocycles. The average molecular weight is 252 g/mol. The molecule has 2 rings (SSSR count). The van der Waals surface area contributed by atoms with Crippen LogP contribution >= 0.6 is 0 Å². The zero-order valence-corrected chi connectivity index (χ0v) is 11.3. The maximum Gasteiger partial charge on any atom is 0.239 e. The molecule has 0 unspecified atom stereocenters. The van der Waals surface area contributed by atoms with Crippen molar-refractivity contribution >= 4 is 11.8 Å². The topological polar surface area (TPSA) is 49.4 Å². The number of carbonyl (C=O) groups excluding carboxylic acids is 2. The van der Waals surface area contributed by atoms with E-state index in [4.69, 9.17) is 0 Å². The fraction of sp³-hybridized carbons (Fsp3) is 0.857. The third kappa shape index (κ3) is 4.00. The van der Waals surface area contributed by atoms with Crippen molar-refractivity contribution in [2.24, 2.45) is 0 Å². The van der Waals surface area contributed by atoms with Crippen molar-refractivity contribution in [1.82, 2.24) is 10.2 Å². The van der Waals surface area contributed by atoms with Gasteiger partial charge in [0.2, 0.25) is 11.8 Å². The van der Waals surface area contributed by atoms with Gasteiger partial charge in [0.1, 0.15) is 0 Å². The second-order valence-electron chi connectivity index (χ2n) is 5.63. The molecule has 0 aromatic rings. The second kappa shape index (κ2) is 6.21. The molecule has 2 fully saturated rings. The second-order valence-corrected chi connectivity index (χ2v) is 5.63. The van der Waals surface area contributed by atoms with Crippen LogP contribution < -0.4 is 5.32 Å². The van der Waals surface area contributed by atoms with Gasteiger partial charge in [0, 0.05) is 19.0 Å². The lowest BCUT2D eigenvalue weighted by Crippen LogP contribution is -2.44. The lowest BCUT2D eigenvalue weighted by atomic mass is 10.1. The van der Waals surface area contributed by atoms with Crippen LogP contribution in [0.2, 0.25) is 0 Å². The minimum absolute atomic E-state index is 0.0176. The number of carbonyl (C=O) groups is 2. The fourth-order valence-electron chi connectivity index (χ4n) is 2.74. The molecular formula is C14H24N2O2. The van der Waals surface area contributed by atoms with E-state index in [1.54, 1.807) is 11.8 Å². The zero-order chi connectivity index (χ0) is 13.0. The molecule has 0 aliphatic heterocycles. The molecule has 0 spiro atoms. The highest BCUT2D eigenvalue weighted by atomic mass is 16.2. The molecule has 0 saturated heterocycles. The highest BCUT2D eigenvalue weighted by Crippen LogP contribution is 2.26. The van der Waals surface area contributed by atoms with Gasteiger partial charge in [-0.25, -0.2) is 0 Å². The Labute approximate surface area is 109 Å². The van der Waals surface area contributed by atoms with Crippen LogP contribution in [0.5, 0.6) is 0 Å². The van der Waals surface area contributed by atoms with Crippen molar-refractivity contribution in [2.45, 2.75) is 70.4 Å². The molecule has 0 aromatic carbocycles. The number of nitrogens with zero attached hydrogens (tertiary/aromatic N) is 1. The molecule has 0 bridgehead atoms. The number of hydrogen-bond donors (Lipinski definition) is 1. The lowest BCUT2D eigenvalue weighted by molar-refractivity contribution is -0.135. The van der Waals surface area contributed by atoms with E-state index in [0.717, 1.165) is 25.7 Å². The average Bonchev–Trinajstić information content (AvgIpc) is 3.13. The fourth-order valence-corrected chi connectivity index (χ4v) is 2.74. The van der Waals surface area contributed by atoms with Gasteiger partial charge in [0.25, 0.3) is 0 Å². The van der Waals surface area contributed by atoms with Crippen LogP contribution in [0, 0.1) is 0 Å². The standard InChI is InChI=1S/C14H24N2O2/c1-11(17)16(13-8-9-13)10-14(18)15-12-6-4-2-3-5-7-12/h12-13H,2-10H2,1H3,(H,15,18). The summed E-state index contributed by atoms with van der Waals surface area (Å²) in [5.41, 5.74) is 0. The first-order chi connectivity index (χ1) is 8.66. The summed E-state index contributed by atoms with van der Waals surface area (Å²) in [6.07, 6.45) is 9.28. The highest BCUT2D eigenvalue weighted by Gasteiger charge is 2.32. The SMILES string of the molecule is CC(=O)N(CC(=O)NC1CCCCCC1)C1CC1. The van der Waals surface area contributed by atoms with Crippen LogP contribution in [-0.4, -0.2) is 35.3 Å². The molecule has 0 heterocycles. The zero-order valence-electron chi connectivity index (χ0n) is 11.3. The number of hydrogen-bond acceptors (Lipinski definition) is 2. The van der Waals surface area contributed by atoms with E-state index in [1.165, 1.54) is 25.7 Å². The molecule has 4 heteroatoms. The van der Waals surface area contributed by atoms with Gasteiger partial charge in [0.05, 0.1) is 6.54 Å². The van der Waals surface area contributed by atoms with Crippen molar-refractivity contribution < 1.29 is 9.59 Å². The quantitative estimate of drug-likeness (QED) is 0.776. The van der Waals surface area contributed by atoms with Gasteiger partial charge >= 0.3 is 0 Å². The van der Waals surface area contributed by atoms with Crippen molar-refractivity contribution in [1.29, 1.82) is 0 Å².